The maximum Gasteiger partial charge on any atom is 0.336 e. The van der Waals surface area contributed by atoms with Gasteiger partial charge in [0.05, 0.1) is 58.7 Å². The fourth-order valence-electron chi connectivity index (χ4n) is 4.10. The zero-order chi connectivity index (χ0) is 23.3. The minimum Gasteiger partial charge on any atom is -0.493 e. The number of esters is 2. The Morgan fingerprint density at radius 1 is 0.938 bits per heavy atom. The number of nitrogens with zero attached hydrogens (tertiary/aromatic N) is 1. The average molecular weight is 447 g/mol. The maximum atomic E-state index is 12.8. The van der Waals surface area contributed by atoms with Crippen LogP contribution in [0, 0.1) is 0 Å². The fourth-order valence-corrected chi connectivity index (χ4v) is 4.10. The van der Waals surface area contributed by atoms with Crippen molar-refractivity contribution in [2.75, 3.05) is 48.7 Å². The van der Waals surface area contributed by atoms with Crippen molar-refractivity contribution >= 4 is 11.9 Å². The topological polar surface area (TPSA) is 92.8 Å². The lowest BCUT2D eigenvalue weighted by molar-refractivity contribution is -0.137. The van der Waals surface area contributed by atoms with Gasteiger partial charge in [-0.3, -0.25) is 0 Å². The molecule has 0 aliphatic carbocycles. The van der Waals surface area contributed by atoms with Crippen LogP contribution in [0.2, 0.25) is 0 Å². The van der Waals surface area contributed by atoms with E-state index in [0.717, 1.165) is 12.8 Å². The van der Waals surface area contributed by atoms with Crippen LogP contribution in [0.1, 0.15) is 24.3 Å². The molecule has 32 heavy (non-hydrogen) atoms. The highest BCUT2D eigenvalue weighted by Gasteiger charge is 2.38. The molecule has 0 radical (unpaired) electrons. The minimum absolute atomic E-state index is 0.00691. The summed E-state index contributed by atoms with van der Waals surface area (Å²) in [6.07, 6.45) is 5.26. The van der Waals surface area contributed by atoms with Gasteiger partial charge in [0.25, 0.3) is 0 Å². The number of hydrogen-bond acceptors (Lipinski definition) is 9. The van der Waals surface area contributed by atoms with E-state index in [1.54, 1.807) is 29.4 Å². The van der Waals surface area contributed by atoms with Crippen molar-refractivity contribution in [2.24, 2.45) is 0 Å². The lowest BCUT2D eigenvalue weighted by atomic mass is 9.82. The number of carbonyl (C=O) groups excluding carboxylic acids is 2. The number of benzene rings is 1. The van der Waals surface area contributed by atoms with Gasteiger partial charge in [-0.25, -0.2) is 9.59 Å². The number of ether oxygens (including phenoxy) is 6. The van der Waals surface area contributed by atoms with Crippen molar-refractivity contribution in [1.82, 2.24) is 4.90 Å². The first kappa shape index (κ1) is 23.5. The van der Waals surface area contributed by atoms with E-state index in [1.807, 2.05) is 0 Å². The highest BCUT2D eigenvalue weighted by atomic mass is 16.5. The smallest absolute Gasteiger partial charge is 0.336 e. The molecule has 3 rings (SSSR count). The second-order valence-electron chi connectivity index (χ2n) is 7.34. The molecular weight excluding hydrogens is 418 g/mol. The summed E-state index contributed by atoms with van der Waals surface area (Å²) in [4.78, 5) is 27.5. The van der Waals surface area contributed by atoms with Crippen LogP contribution in [0.5, 0.6) is 17.2 Å². The van der Waals surface area contributed by atoms with E-state index in [-0.39, 0.29) is 17.3 Å². The van der Waals surface area contributed by atoms with E-state index in [4.69, 9.17) is 28.4 Å². The zero-order valence-electron chi connectivity index (χ0n) is 19.0. The van der Waals surface area contributed by atoms with Gasteiger partial charge in [0.2, 0.25) is 5.75 Å². The van der Waals surface area contributed by atoms with E-state index < -0.39 is 17.9 Å². The third-order valence-electron chi connectivity index (χ3n) is 5.56. The third kappa shape index (κ3) is 4.52. The standard InChI is InChI=1S/C23H29NO8/c1-27-18-9-8-15(20(28-2)21(18)29-3)19-16(22(25)30-4)12-24(11-14-7-6-10-32-14)13-17(19)23(26)31-5/h8-9,12-14,19H,6-7,10-11H2,1-5H3/t14-/m0/s1. The summed E-state index contributed by atoms with van der Waals surface area (Å²) in [6, 6.07) is 3.42. The molecule has 9 heteroatoms. The summed E-state index contributed by atoms with van der Waals surface area (Å²) >= 11 is 0. The Hall–Kier alpha value is -3.20. The molecule has 1 saturated heterocycles. The van der Waals surface area contributed by atoms with Crippen LogP contribution in [0.25, 0.3) is 0 Å². The van der Waals surface area contributed by atoms with Crippen LogP contribution < -0.4 is 14.2 Å². The molecule has 1 aromatic rings. The van der Waals surface area contributed by atoms with E-state index in [1.165, 1.54) is 35.5 Å². The molecule has 1 fully saturated rings. The first-order chi connectivity index (χ1) is 15.5. The number of hydrogen-bond donors (Lipinski definition) is 0. The van der Waals surface area contributed by atoms with Gasteiger partial charge in [-0.05, 0) is 18.9 Å². The molecule has 1 atom stereocenters. The first-order valence-electron chi connectivity index (χ1n) is 10.2. The molecule has 0 amide bonds. The van der Waals surface area contributed by atoms with Gasteiger partial charge in [-0.15, -0.1) is 0 Å². The van der Waals surface area contributed by atoms with Gasteiger partial charge < -0.3 is 33.3 Å². The molecule has 2 heterocycles. The van der Waals surface area contributed by atoms with Crippen LogP contribution in [-0.4, -0.2) is 71.6 Å². The van der Waals surface area contributed by atoms with E-state index in [0.29, 0.717) is 36.0 Å². The van der Waals surface area contributed by atoms with Gasteiger partial charge in [0, 0.05) is 31.1 Å². The lowest BCUT2D eigenvalue weighted by Gasteiger charge is -2.32. The van der Waals surface area contributed by atoms with Crippen LogP contribution in [0.4, 0.5) is 0 Å². The van der Waals surface area contributed by atoms with Crippen LogP contribution in [-0.2, 0) is 23.8 Å². The molecule has 0 aromatic heterocycles. The van der Waals surface area contributed by atoms with Crippen molar-refractivity contribution in [2.45, 2.75) is 24.9 Å². The van der Waals surface area contributed by atoms with Crippen molar-refractivity contribution in [3.05, 3.63) is 41.2 Å². The largest absolute Gasteiger partial charge is 0.493 e. The second kappa shape index (κ2) is 10.4. The third-order valence-corrected chi connectivity index (χ3v) is 5.56. The second-order valence-corrected chi connectivity index (χ2v) is 7.34. The van der Waals surface area contributed by atoms with E-state index in [2.05, 4.69) is 0 Å². The van der Waals surface area contributed by atoms with Crippen LogP contribution in [0.3, 0.4) is 0 Å². The van der Waals surface area contributed by atoms with Gasteiger partial charge in [0.1, 0.15) is 0 Å². The molecule has 0 N–H and O–H groups in total. The lowest BCUT2D eigenvalue weighted by Crippen LogP contribution is -2.32. The normalized spacial score (nSPS) is 18.5. The Kier molecular flexibility index (Phi) is 7.63. The van der Waals surface area contributed by atoms with Gasteiger partial charge in [-0.1, -0.05) is 6.07 Å². The van der Waals surface area contributed by atoms with E-state index >= 15 is 0 Å². The molecule has 2 aliphatic rings. The van der Waals surface area contributed by atoms with Gasteiger partial charge in [0.15, 0.2) is 11.5 Å². The summed E-state index contributed by atoms with van der Waals surface area (Å²) in [5, 5.41) is 0. The van der Waals surface area contributed by atoms with Gasteiger partial charge >= 0.3 is 11.9 Å². The highest BCUT2D eigenvalue weighted by Crippen LogP contribution is 2.47. The van der Waals surface area contributed by atoms with Crippen LogP contribution in [0.15, 0.2) is 35.7 Å². The van der Waals surface area contributed by atoms with Crippen molar-refractivity contribution in [3.63, 3.8) is 0 Å². The zero-order valence-corrected chi connectivity index (χ0v) is 19.0. The summed E-state index contributed by atoms with van der Waals surface area (Å²) in [6.45, 7) is 1.20. The summed E-state index contributed by atoms with van der Waals surface area (Å²) in [7, 11) is 7.08. The predicted octanol–water partition coefficient (Wildman–Crippen LogP) is 2.40. The summed E-state index contributed by atoms with van der Waals surface area (Å²) in [5.41, 5.74) is 1.06. The maximum absolute atomic E-state index is 12.8. The molecular formula is C23H29NO8. The molecule has 2 aliphatic heterocycles. The number of rotatable bonds is 8. The monoisotopic (exact) mass is 447 g/mol. The Balaban J connectivity index is 2.16. The molecule has 0 saturated carbocycles. The molecule has 174 valence electrons. The molecule has 9 nitrogen and oxygen atoms in total. The van der Waals surface area contributed by atoms with Gasteiger partial charge in [-0.2, -0.15) is 0 Å². The fraction of sp³-hybridized carbons (Fsp3) is 0.478. The highest BCUT2D eigenvalue weighted by molar-refractivity contribution is 5.99. The summed E-state index contributed by atoms with van der Waals surface area (Å²) < 4.78 is 32.3. The molecule has 0 bridgehead atoms. The Bertz CT molecular complexity index is 883. The average Bonchev–Trinajstić information content (AvgIpc) is 3.34. The molecule has 1 aromatic carbocycles. The quantitative estimate of drug-likeness (QED) is 0.557. The molecule has 0 unspecified atom stereocenters. The first-order valence-corrected chi connectivity index (χ1v) is 10.2. The van der Waals surface area contributed by atoms with E-state index in [9.17, 15) is 9.59 Å². The van der Waals surface area contributed by atoms with Crippen molar-refractivity contribution < 1.29 is 38.0 Å². The SMILES string of the molecule is COC(=O)C1=CN(C[C@@H]2CCCO2)C=C(C(=O)OC)C1c1ccc(OC)c(OC)c1OC. The Morgan fingerprint density at radius 3 is 2.03 bits per heavy atom. The van der Waals surface area contributed by atoms with Crippen molar-refractivity contribution in [1.29, 1.82) is 0 Å². The van der Waals surface area contributed by atoms with Crippen LogP contribution >= 0.6 is 0 Å². The number of methoxy groups -OCH3 is 5. The summed E-state index contributed by atoms with van der Waals surface area (Å²) in [5.74, 6) is -0.796. The van der Waals surface area contributed by atoms with Crippen molar-refractivity contribution in [3.8, 4) is 17.2 Å². The number of carbonyl (C=O) groups is 2. The Labute approximate surface area is 187 Å². The predicted molar refractivity (Wildman–Crippen MR) is 115 cm³/mol. The Morgan fingerprint density at radius 2 is 1.56 bits per heavy atom. The molecule has 0 spiro atoms. The minimum atomic E-state index is -0.801.